The summed E-state index contributed by atoms with van der Waals surface area (Å²) in [5.41, 5.74) is 0. The topological polar surface area (TPSA) is 34.8 Å². The fourth-order valence-electron chi connectivity index (χ4n) is 1.68. The second kappa shape index (κ2) is 7.48. The van der Waals surface area contributed by atoms with E-state index < -0.39 is 0 Å². The lowest BCUT2D eigenvalue weighted by molar-refractivity contribution is -0.146. The second-order valence-corrected chi connectivity index (χ2v) is 4.05. The van der Waals surface area contributed by atoms with Crippen molar-refractivity contribution in [2.45, 2.75) is 33.6 Å². The van der Waals surface area contributed by atoms with E-state index >= 15 is 0 Å². The molecule has 0 N–H and O–H groups in total. The molecule has 0 aliphatic heterocycles. The first-order valence-electron chi connectivity index (χ1n) is 6.12. The molecule has 0 aliphatic carbocycles. The first kappa shape index (κ1) is 14.2. The lowest BCUT2D eigenvalue weighted by Gasteiger charge is -2.23. The van der Waals surface area contributed by atoms with Crippen molar-refractivity contribution in [1.29, 1.82) is 0 Å². The molecule has 0 saturated heterocycles. The third kappa shape index (κ3) is 5.35. The van der Waals surface area contributed by atoms with Crippen molar-refractivity contribution in [2.75, 3.05) is 26.8 Å². The van der Waals surface area contributed by atoms with Gasteiger partial charge in [-0.15, -0.1) is 0 Å². The quantitative estimate of drug-likeness (QED) is 0.655. The highest BCUT2D eigenvalue weighted by Crippen LogP contribution is 2.09. The zero-order chi connectivity index (χ0) is 12.7. The van der Waals surface area contributed by atoms with Crippen LogP contribution >= 0.6 is 0 Å². The third-order valence-electron chi connectivity index (χ3n) is 2.39. The summed E-state index contributed by atoms with van der Waals surface area (Å²) in [5.74, 6) is 1.91. The van der Waals surface area contributed by atoms with Crippen LogP contribution in [-0.2, 0) is 16.0 Å². The van der Waals surface area contributed by atoms with Crippen LogP contribution in [0.15, 0.2) is 16.5 Å². The Morgan fingerprint density at radius 3 is 2.35 bits per heavy atom. The third-order valence-corrected chi connectivity index (χ3v) is 2.39. The van der Waals surface area contributed by atoms with Gasteiger partial charge in [0.15, 0.2) is 6.29 Å². The number of nitrogens with zero attached hydrogens (tertiary/aromatic N) is 1. The van der Waals surface area contributed by atoms with Crippen LogP contribution in [-0.4, -0.2) is 38.0 Å². The summed E-state index contributed by atoms with van der Waals surface area (Å²) in [6, 6.07) is 3.98. The largest absolute Gasteiger partial charge is 0.465 e. The molecule has 0 aromatic carbocycles. The normalized spacial score (nSPS) is 11.6. The summed E-state index contributed by atoms with van der Waals surface area (Å²) < 4.78 is 16.5. The Labute approximate surface area is 103 Å². The van der Waals surface area contributed by atoms with E-state index in [1.54, 1.807) is 0 Å². The highest BCUT2D eigenvalue weighted by Gasteiger charge is 2.12. The molecule has 0 radical (unpaired) electrons. The Morgan fingerprint density at radius 2 is 1.88 bits per heavy atom. The van der Waals surface area contributed by atoms with Gasteiger partial charge in [0.05, 0.1) is 6.54 Å². The standard InChI is InChI=1S/C13H23NO3/c1-5-15-13(16-6-2)10-14(4)9-12-8-7-11(3)17-12/h7-8,13H,5-6,9-10H2,1-4H3. The molecule has 4 nitrogen and oxygen atoms in total. The lowest BCUT2D eigenvalue weighted by atomic mass is 10.4. The molecule has 17 heavy (non-hydrogen) atoms. The molecule has 4 heteroatoms. The van der Waals surface area contributed by atoms with Gasteiger partial charge < -0.3 is 13.9 Å². The Kier molecular flexibility index (Phi) is 6.26. The van der Waals surface area contributed by atoms with Gasteiger partial charge in [0.2, 0.25) is 0 Å². The zero-order valence-electron chi connectivity index (χ0n) is 11.2. The molecule has 98 valence electrons. The molecule has 0 atom stereocenters. The van der Waals surface area contributed by atoms with Crippen LogP contribution in [0, 0.1) is 6.92 Å². The minimum atomic E-state index is -0.161. The zero-order valence-corrected chi connectivity index (χ0v) is 11.2. The maximum absolute atomic E-state index is 5.53. The molecular formula is C13H23NO3. The number of hydrogen-bond donors (Lipinski definition) is 0. The van der Waals surface area contributed by atoms with Gasteiger partial charge in [0.1, 0.15) is 11.5 Å². The number of hydrogen-bond acceptors (Lipinski definition) is 4. The molecule has 0 unspecified atom stereocenters. The van der Waals surface area contributed by atoms with Crippen LogP contribution < -0.4 is 0 Å². The highest BCUT2D eigenvalue weighted by molar-refractivity contribution is 5.05. The number of rotatable bonds is 8. The maximum Gasteiger partial charge on any atom is 0.170 e. The average molecular weight is 241 g/mol. The van der Waals surface area contributed by atoms with E-state index in [0.717, 1.165) is 24.6 Å². The van der Waals surface area contributed by atoms with Crippen molar-refractivity contribution in [3.8, 4) is 0 Å². The number of furan rings is 1. The minimum Gasteiger partial charge on any atom is -0.465 e. The number of ether oxygens (including phenoxy) is 2. The van der Waals surface area contributed by atoms with E-state index in [9.17, 15) is 0 Å². The summed E-state index contributed by atoms with van der Waals surface area (Å²) in [6.07, 6.45) is -0.161. The van der Waals surface area contributed by atoms with Gasteiger partial charge in [-0.3, -0.25) is 4.90 Å². The molecule has 0 spiro atoms. The summed E-state index contributed by atoms with van der Waals surface area (Å²) in [7, 11) is 2.03. The van der Waals surface area contributed by atoms with Crippen LogP contribution in [0.2, 0.25) is 0 Å². The predicted molar refractivity (Wildman–Crippen MR) is 66.8 cm³/mol. The van der Waals surface area contributed by atoms with Crippen molar-refractivity contribution in [3.63, 3.8) is 0 Å². The fourth-order valence-corrected chi connectivity index (χ4v) is 1.68. The van der Waals surface area contributed by atoms with Gasteiger partial charge >= 0.3 is 0 Å². The maximum atomic E-state index is 5.53. The van der Waals surface area contributed by atoms with Crippen molar-refractivity contribution in [1.82, 2.24) is 4.90 Å². The minimum absolute atomic E-state index is 0.161. The fraction of sp³-hybridized carbons (Fsp3) is 0.692. The predicted octanol–water partition coefficient (Wildman–Crippen LogP) is 2.42. The van der Waals surface area contributed by atoms with Crippen LogP contribution in [0.5, 0.6) is 0 Å². The Bertz CT molecular complexity index is 305. The molecule has 0 amide bonds. The first-order chi connectivity index (χ1) is 8.15. The van der Waals surface area contributed by atoms with E-state index in [4.69, 9.17) is 13.9 Å². The molecule has 0 fully saturated rings. The SMILES string of the molecule is CCOC(CN(C)Cc1ccc(C)o1)OCC. The Balaban J connectivity index is 2.38. The van der Waals surface area contributed by atoms with Gasteiger partial charge in [-0.25, -0.2) is 0 Å². The number of likely N-dealkylation sites (N-methyl/N-ethyl adjacent to an activating group) is 1. The van der Waals surface area contributed by atoms with Crippen molar-refractivity contribution in [3.05, 3.63) is 23.7 Å². The van der Waals surface area contributed by atoms with Crippen LogP contribution in [0.25, 0.3) is 0 Å². The summed E-state index contributed by atoms with van der Waals surface area (Å²) in [5, 5.41) is 0. The van der Waals surface area contributed by atoms with E-state index in [1.165, 1.54) is 0 Å². The Morgan fingerprint density at radius 1 is 1.24 bits per heavy atom. The Hall–Kier alpha value is -0.840. The van der Waals surface area contributed by atoms with Gasteiger partial charge in [-0.05, 0) is 40.0 Å². The lowest BCUT2D eigenvalue weighted by Crippen LogP contribution is -2.32. The molecule has 1 rings (SSSR count). The second-order valence-electron chi connectivity index (χ2n) is 4.05. The van der Waals surface area contributed by atoms with Gasteiger partial charge in [-0.1, -0.05) is 0 Å². The highest BCUT2D eigenvalue weighted by atomic mass is 16.7. The van der Waals surface area contributed by atoms with Crippen LogP contribution in [0.3, 0.4) is 0 Å². The number of aryl methyl sites for hydroxylation is 1. The summed E-state index contributed by atoms with van der Waals surface area (Å²) in [4.78, 5) is 2.13. The van der Waals surface area contributed by atoms with E-state index in [-0.39, 0.29) is 6.29 Å². The van der Waals surface area contributed by atoms with Crippen molar-refractivity contribution in [2.24, 2.45) is 0 Å². The van der Waals surface area contributed by atoms with Crippen LogP contribution in [0.1, 0.15) is 25.4 Å². The smallest absolute Gasteiger partial charge is 0.170 e. The van der Waals surface area contributed by atoms with E-state index in [2.05, 4.69) is 4.90 Å². The molecule has 1 aromatic heterocycles. The van der Waals surface area contributed by atoms with Gasteiger partial charge in [0.25, 0.3) is 0 Å². The first-order valence-corrected chi connectivity index (χ1v) is 6.12. The van der Waals surface area contributed by atoms with Crippen molar-refractivity contribution < 1.29 is 13.9 Å². The monoisotopic (exact) mass is 241 g/mol. The van der Waals surface area contributed by atoms with Crippen molar-refractivity contribution >= 4 is 0 Å². The molecule has 0 saturated carbocycles. The molecule has 0 aliphatic rings. The summed E-state index contributed by atoms with van der Waals surface area (Å²) in [6.45, 7) is 8.74. The molecule has 1 heterocycles. The van der Waals surface area contributed by atoms with Gasteiger partial charge in [0, 0.05) is 19.8 Å². The average Bonchev–Trinajstić information content (AvgIpc) is 2.64. The summed E-state index contributed by atoms with van der Waals surface area (Å²) >= 11 is 0. The van der Waals surface area contributed by atoms with Gasteiger partial charge in [-0.2, -0.15) is 0 Å². The van der Waals surface area contributed by atoms with Crippen LogP contribution in [0.4, 0.5) is 0 Å². The van der Waals surface area contributed by atoms with E-state index in [1.807, 2.05) is 40.0 Å². The molecular weight excluding hydrogens is 218 g/mol. The molecule has 0 bridgehead atoms. The molecule has 1 aromatic rings. The van der Waals surface area contributed by atoms with E-state index in [0.29, 0.717) is 13.2 Å².